The quantitative estimate of drug-likeness (QED) is 0.833. The zero-order valence-corrected chi connectivity index (χ0v) is 14.9. The zero-order valence-electron chi connectivity index (χ0n) is 13.3. The topological polar surface area (TPSA) is 49.9 Å². The monoisotopic (exact) mass is 356 g/mol. The molecule has 0 aliphatic carbocycles. The molecule has 1 aromatic heterocycles. The molecule has 2 aliphatic rings. The fourth-order valence-electron chi connectivity index (χ4n) is 3.32. The maximum Gasteiger partial charge on any atom is 0.410 e. The van der Waals surface area contributed by atoms with Crippen molar-refractivity contribution in [1.82, 2.24) is 9.80 Å². The van der Waals surface area contributed by atoms with E-state index in [4.69, 9.17) is 16.3 Å². The number of piperidine rings is 1. The van der Waals surface area contributed by atoms with E-state index >= 15 is 0 Å². The molecule has 0 bridgehead atoms. The second-order valence-corrected chi connectivity index (χ2v) is 7.74. The summed E-state index contributed by atoms with van der Waals surface area (Å²) in [6.07, 6.45) is 1.36. The lowest BCUT2D eigenvalue weighted by molar-refractivity contribution is 0.0624. The molecule has 1 unspecified atom stereocenters. The van der Waals surface area contributed by atoms with Gasteiger partial charge in [0.15, 0.2) is 0 Å². The molecule has 0 radical (unpaired) electrons. The van der Waals surface area contributed by atoms with Crippen LogP contribution in [0.15, 0.2) is 11.4 Å². The second kappa shape index (κ2) is 6.69. The average molecular weight is 357 g/mol. The summed E-state index contributed by atoms with van der Waals surface area (Å²) < 4.78 is 5.23. The fraction of sp³-hybridized carbons (Fsp3) is 0.625. The number of rotatable bonds is 3. The molecule has 0 N–H and O–H groups in total. The first-order valence-corrected chi connectivity index (χ1v) is 9.22. The van der Waals surface area contributed by atoms with Crippen LogP contribution >= 0.6 is 22.9 Å². The van der Waals surface area contributed by atoms with Gasteiger partial charge in [0.1, 0.15) is 11.5 Å². The van der Waals surface area contributed by atoms with Gasteiger partial charge in [0, 0.05) is 19.1 Å². The van der Waals surface area contributed by atoms with E-state index in [1.165, 1.54) is 11.3 Å². The van der Waals surface area contributed by atoms with E-state index in [-0.39, 0.29) is 24.1 Å². The van der Waals surface area contributed by atoms with Crippen LogP contribution in [0.2, 0.25) is 5.02 Å². The van der Waals surface area contributed by atoms with Gasteiger partial charge in [-0.15, -0.1) is 11.3 Å². The number of nitrogens with zero attached hydrogens (tertiary/aromatic N) is 2. The molecule has 2 fully saturated rings. The van der Waals surface area contributed by atoms with Crippen molar-refractivity contribution in [3.05, 3.63) is 21.3 Å². The van der Waals surface area contributed by atoms with Crippen molar-refractivity contribution in [1.29, 1.82) is 0 Å². The molecule has 0 spiro atoms. The van der Waals surface area contributed by atoms with E-state index in [1.807, 2.05) is 15.2 Å². The van der Waals surface area contributed by atoms with Gasteiger partial charge in [-0.25, -0.2) is 4.79 Å². The third-order valence-electron chi connectivity index (χ3n) is 4.67. The van der Waals surface area contributed by atoms with Crippen LogP contribution in [-0.4, -0.2) is 53.6 Å². The average Bonchev–Trinajstić information content (AvgIpc) is 3.12. The molecule has 23 heavy (non-hydrogen) atoms. The van der Waals surface area contributed by atoms with Gasteiger partial charge in [0.2, 0.25) is 0 Å². The Bertz CT molecular complexity index is 596. The lowest BCUT2D eigenvalue weighted by Gasteiger charge is -2.38. The molecular weight excluding hydrogens is 336 g/mol. The predicted molar refractivity (Wildman–Crippen MR) is 90.1 cm³/mol. The van der Waals surface area contributed by atoms with Gasteiger partial charge < -0.3 is 9.64 Å². The highest BCUT2D eigenvalue weighted by molar-refractivity contribution is 7.12. The molecule has 0 saturated carbocycles. The van der Waals surface area contributed by atoms with E-state index in [0.29, 0.717) is 35.5 Å². The highest BCUT2D eigenvalue weighted by Gasteiger charge is 2.41. The van der Waals surface area contributed by atoms with Crippen molar-refractivity contribution in [3.63, 3.8) is 0 Å². The summed E-state index contributed by atoms with van der Waals surface area (Å²) in [6.45, 7) is 5.98. The molecule has 0 aromatic carbocycles. The summed E-state index contributed by atoms with van der Waals surface area (Å²) in [5.41, 5.74) is 0. The molecule has 2 aliphatic heterocycles. The summed E-state index contributed by atoms with van der Waals surface area (Å²) >= 11 is 7.43. The zero-order chi connectivity index (χ0) is 16.6. The first kappa shape index (κ1) is 16.6. The molecular formula is C16H21ClN2O3S. The molecule has 3 rings (SSSR count). The number of likely N-dealkylation sites (tertiary alicyclic amines) is 1. The van der Waals surface area contributed by atoms with E-state index in [1.54, 1.807) is 6.07 Å². The Hall–Kier alpha value is -1.27. The van der Waals surface area contributed by atoms with Crippen molar-refractivity contribution < 1.29 is 14.3 Å². The van der Waals surface area contributed by atoms with Crippen LogP contribution in [0.5, 0.6) is 0 Å². The number of halogens is 1. The number of carbonyl (C=O) groups excluding carboxylic acids is 2. The largest absolute Gasteiger partial charge is 0.447 e. The lowest BCUT2D eigenvalue weighted by Crippen LogP contribution is -2.50. The van der Waals surface area contributed by atoms with Crippen LogP contribution in [0.4, 0.5) is 4.79 Å². The maximum absolute atomic E-state index is 12.5. The van der Waals surface area contributed by atoms with Crippen LogP contribution in [0.3, 0.4) is 0 Å². The van der Waals surface area contributed by atoms with Gasteiger partial charge in [-0.05, 0) is 30.2 Å². The molecule has 5 nitrogen and oxygen atoms in total. The summed E-state index contributed by atoms with van der Waals surface area (Å²) in [6, 6.07) is 2.04. The highest BCUT2D eigenvalue weighted by atomic mass is 35.5. The number of ether oxygens (including phenoxy) is 1. The summed E-state index contributed by atoms with van der Waals surface area (Å²) in [5.74, 6) is 0.360. The number of carbonyl (C=O) groups is 2. The summed E-state index contributed by atoms with van der Waals surface area (Å²) in [5, 5.41) is 2.35. The third kappa shape index (κ3) is 3.19. The van der Waals surface area contributed by atoms with Gasteiger partial charge in [0.25, 0.3) is 5.91 Å². The highest BCUT2D eigenvalue weighted by Crippen LogP contribution is 2.29. The van der Waals surface area contributed by atoms with Crippen molar-refractivity contribution in [2.45, 2.75) is 38.8 Å². The van der Waals surface area contributed by atoms with Crippen molar-refractivity contribution >= 4 is 34.9 Å². The normalized spacial score (nSPS) is 22.8. The van der Waals surface area contributed by atoms with E-state index in [9.17, 15) is 9.59 Å². The first-order chi connectivity index (χ1) is 11.0. The standard InChI is InChI=1S/C16H21ClN2O3S/c1-10(2)13-9-22-16(21)19(13)11-3-6-18(7-4-11)15(20)14-12(17)5-8-23-14/h5,8,10-11,13H,3-4,6-7,9H2,1-2H3. The van der Waals surface area contributed by atoms with Crippen LogP contribution in [0.25, 0.3) is 0 Å². The molecule has 1 atom stereocenters. The number of amides is 2. The predicted octanol–water partition coefficient (Wildman–Crippen LogP) is 3.48. The number of thiophene rings is 1. The SMILES string of the molecule is CC(C)C1COC(=O)N1C1CCN(C(=O)c2sccc2Cl)CC1. The van der Waals surface area contributed by atoms with E-state index in [2.05, 4.69) is 13.8 Å². The molecule has 7 heteroatoms. The van der Waals surface area contributed by atoms with Crippen molar-refractivity contribution in [2.75, 3.05) is 19.7 Å². The van der Waals surface area contributed by atoms with Crippen molar-refractivity contribution in [3.8, 4) is 0 Å². The summed E-state index contributed by atoms with van der Waals surface area (Å²) in [7, 11) is 0. The lowest BCUT2D eigenvalue weighted by atomic mass is 9.97. The van der Waals surface area contributed by atoms with Gasteiger partial charge in [-0.3, -0.25) is 9.69 Å². The second-order valence-electron chi connectivity index (χ2n) is 6.42. The van der Waals surface area contributed by atoms with Crippen LogP contribution in [0, 0.1) is 5.92 Å². The fourth-order valence-corrected chi connectivity index (χ4v) is 4.42. The number of cyclic esters (lactones) is 1. The third-order valence-corrected chi connectivity index (χ3v) is 6.00. The van der Waals surface area contributed by atoms with Crippen LogP contribution < -0.4 is 0 Å². The minimum Gasteiger partial charge on any atom is -0.447 e. The minimum absolute atomic E-state index is 0.00661. The van der Waals surface area contributed by atoms with Crippen LogP contribution in [0.1, 0.15) is 36.4 Å². The van der Waals surface area contributed by atoms with Gasteiger partial charge >= 0.3 is 6.09 Å². The Morgan fingerprint density at radius 2 is 2.09 bits per heavy atom. The maximum atomic E-state index is 12.5. The van der Waals surface area contributed by atoms with Crippen molar-refractivity contribution in [2.24, 2.45) is 5.92 Å². The minimum atomic E-state index is -0.213. The number of hydrogen-bond acceptors (Lipinski definition) is 4. The van der Waals surface area contributed by atoms with Crippen LogP contribution in [-0.2, 0) is 4.74 Å². The Morgan fingerprint density at radius 3 is 2.65 bits per heavy atom. The Kier molecular flexibility index (Phi) is 4.82. The van der Waals surface area contributed by atoms with Gasteiger partial charge in [0.05, 0.1) is 11.1 Å². The molecule has 3 heterocycles. The Morgan fingerprint density at radius 1 is 1.39 bits per heavy atom. The molecule has 2 amide bonds. The Balaban J connectivity index is 1.63. The van der Waals surface area contributed by atoms with Gasteiger partial charge in [-0.1, -0.05) is 25.4 Å². The smallest absolute Gasteiger partial charge is 0.410 e. The molecule has 1 aromatic rings. The first-order valence-electron chi connectivity index (χ1n) is 7.96. The molecule has 126 valence electrons. The Labute approximate surface area is 145 Å². The van der Waals surface area contributed by atoms with Gasteiger partial charge in [-0.2, -0.15) is 0 Å². The number of hydrogen-bond donors (Lipinski definition) is 0. The summed E-state index contributed by atoms with van der Waals surface area (Å²) in [4.78, 5) is 28.9. The van der Waals surface area contributed by atoms with E-state index in [0.717, 1.165) is 12.8 Å². The molecule has 2 saturated heterocycles. The van der Waals surface area contributed by atoms with E-state index < -0.39 is 0 Å².